The maximum absolute atomic E-state index is 8.56. The van der Waals surface area contributed by atoms with E-state index in [2.05, 4.69) is 13.2 Å². The van der Waals surface area contributed by atoms with Crippen LogP contribution in [0.5, 0.6) is 0 Å². The molecule has 0 heterocycles. The second kappa shape index (κ2) is 28.2. The average Bonchev–Trinajstić information content (AvgIpc) is 1.41. The molecule has 5 heteroatoms. The van der Waals surface area contributed by atoms with E-state index in [0.717, 1.165) is 0 Å². The number of rotatable bonds is 0. The fourth-order valence-electron chi connectivity index (χ4n) is 0. The molecule has 0 aromatic heterocycles. The standard InChI is InChI=1S/C2H4.CH2O3.Na.H2O.H/c1-2;2-1(3)4;;;/h1-2H2;(H2,2,3,4);;1H2;. The van der Waals surface area contributed by atoms with Crippen LogP contribution in [-0.2, 0) is 0 Å². The van der Waals surface area contributed by atoms with E-state index in [1.165, 1.54) is 0 Å². The monoisotopic (exact) mass is 132 g/mol. The Morgan fingerprint density at radius 2 is 1.25 bits per heavy atom. The van der Waals surface area contributed by atoms with Gasteiger partial charge in [-0.2, -0.15) is 0 Å². The molecule has 0 unspecified atom stereocenters. The molecule has 0 fully saturated rings. The molecule has 0 aliphatic carbocycles. The molecule has 0 bridgehead atoms. The molecule has 4 N–H and O–H groups in total. The third kappa shape index (κ3) is 164000. The predicted molar refractivity (Wildman–Crippen MR) is 32.7 cm³/mol. The second-order valence-corrected chi connectivity index (χ2v) is 0.283. The van der Waals surface area contributed by atoms with Gasteiger partial charge in [-0.1, -0.05) is 0 Å². The summed E-state index contributed by atoms with van der Waals surface area (Å²) in [6.45, 7) is 6.00. The van der Waals surface area contributed by atoms with E-state index < -0.39 is 6.16 Å². The summed E-state index contributed by atoms with van der Waals surface area (Å²) < 4.78 is 0. The van der Waals surface area contributed by atoms with Crippen molar-refractivity contribution in [2.75, 3.05) is 0 Å². The third-order valence-electron chi connectivity index (χ3n) is 0. The number of hydrogen-bond donors (Lipinski definition) is 2. The molecule has 0 aromatic carbocycles. The molecule has 0 saturated heterocycles. The molecule has 0 aromatic rings. The van der Waals surface area contributed by atoms with Crippen molar-refractivity contribution in [2.45, 2.75) is 0 Å². The van der Waals surface area contributed by atoms with Crippen molar-refractivity contribution in [1.29, 1.82) is 0 Å². The first kappa shape index (κ1) is 24.6. The molecule has 46 valence electrons. The average molecular weight is 132 g/mol. The minimum atomic E-state index is -1.83. The Balaban J connectivity index is -0.0000000183. The zero-order valence-corrected chi connectivity index (χ0v) is 3.72. The minimum absolute atomic E-state index is 0. The summed E-state index contributed by atoms with van der Waals surface area (Å²) in [5, 5.41) is 13.9. The van der Waals surface area contributed by atoms with Crippen LogP contribution in [0.3, 0.4) is 0 Å². The van der Waals surface area contributed by atoms with Gasteiger partial charge in [-0.25, -0.2) is 4.79 Å². The summed E-state index contributed by atoms with van der Waals surface area (Å²) in [7, 11) is 0. The third-order valence-corrected chi connectivity index (χ3v) is 0. The van der Waals surface area contributed by atoms with Crippen molar-refractivity contribution in [1.82, 2.24) is 0 Å². The van der Waals surface area contributed by atoms with Gasteiger partial charge in [0.1, 0.15) is 0 Å². The Labute approximate surface area is 69.4 Å². The molecule has 8 heavy (non-hydrogen) atoms. The van der Waals surface area contributed by atoms with Crippen LogP contribution in [0.15, 0.2) is 13.2 Å². The fraction of sp³-hybridized carbons (Fsp3) is 0. The first-order chi connectivity index (χ1) is 2.73. The van der Waals surface area contributed by atoms with Gasteiger partial charge < -0.3 is 15.7 Å². The van der Waals surface area contributed by atoms with Crippen molar-refractivity contribution in [3.8, 4) is 0 Å². The first-order valence-electron chi connectivity index (χ1n) is 1.15. The van der Waals surface area contributed by atoms with Gasteiger partial charge >= 0.3 is 35.7 Å². The van der Waals surface area contributed by atoms with Crippen molar-refractivity contribution in [3.05, 3.63) is 13.2 Å². The fourth-order valence-corrected chi connectivity index (χ4v) is 0. The van der Waals surface area contributed by atoms with E-state index in [-0.39, 0.29) is 35.0 Å². The Morgan fingerprint density at radius 3 is 1.25 bits per heavy atom. The Bertz CT molecular complexity index is 42.5. The summed E-state index contributed by atoms with van der Waals surface area (Å²) in [5.41, 5.74) is 0. The van der Waals surface area contributed by atoms with Gasteiger partial charge in [0.25, 0.3) is 0 Å². The van der Waals surface area contributed by atoms with E-state index in [4.69, 9.17) is 15.0 Å². The topological polar surface area (TPSA) is 89.0 Å². The summed E-state index contributed by atoms with van der Waals surface area (Å²) in [6, 6.07) is 0. The van der Waals surface area contributed by atoms with Gasteiger partial charge in [-0.3, -0.25) is 0 Å². The Morgan fingerprint density at radius 1 is 1.25 bits per heavy atom. The summed E-state index contributed by atoms with van der Waals surface area (Å²) in [6.07, 6.45) is -1.83. The zero-order chi connectivity index (χ0) is 5.58. The number of carboxylic acid groups (broad SMARTS) is 2. The molecule has 0 atom stereocenters. The van der Waals surface area contributed by atoms with Crippen molar-refractivity contribution < 1.29 is 20.5 Å². The molecule has 0 aliphatic rings. The molecule has 0 spiro atoms. The predicted octanol–water partition coefficient (Wildman–Crippen LogP) is -0.449. The van der Waals surface area contributed by atoms with Crippen LogP contribution in [-0.4, -0.2) is 51.4 Å². The van der Waals surface area contributed by atoms with Crippen LogP contribution in [0.25, 0.3) is 0 Å². The Kier molecular flexibility index (Phi) is 86.5. The van der Waals surface area contributed by atoms with Crippen LogP contribution in [0.2, 0.25) is 0 Å². The summed E-state index contributed by atoms with van der Waals surface area (Å²) in [4.78, 5) is 8.56. The number of hydrogen-bond acceptors (Lipinski definition) is 1. The first-order valence-corrected chi connectivity index (χ1v) is 1.15. The molecule has 0 rings (SSSR count). The van der Waals surface area contributed by atoms with Gasteiger partial charge in [0, 0.05) is 0 Å². The van der Waals surface area contributed by atoms with E-state index in [0.29, 0.717) is 0 Å². The molecular weight excluding hydrogens is 123 g/mol. The van der Waals surface area contributed by atoms with E-state index >= 15 is 0 Å². The Hall–Kier alpha value is -0.0300. The van der Waals surface area contributed by atoms with E-state index in [1.54, 1.807) is 0 Å². The number of carbonyl (C=O) groups is 1. The van der Waals surface area contributed by atoms with Crippen LogP contribution in [0, 0.1) is 0 Å². The summed E-state index contributed by atoms with van der Waals surface area (Å²) in [5.74, 6) is 0. The van der Waals surface area contributed by atoms with Crippen molar-refractivity contribution in [2.24, 2.45) is 0 Å². The zero-order valence-electron chi connectivity index (χ0n) is 3.72. The van der Waals surface area contributed by atoms with Gasteiger partial charge in [-0.15, -0.1) is 13.2 Å². The summed E-state index contributed by atoms with van der Waals surface area (Å²) >= 11 is 0. The van der Waals surface area contributed by atoms with Crippen LogP contribution >= 0.6 is 0 Å². The van der Waals surface area contributed by atoms with Crippen molar-refractivity contribution in [3.63, 3.8) is 0 Å². The van der Waals surface area contributed by atoms with Crippen LogP contribution in [0.1, 0.15) is 0 Å². The SMILES string of the molecule is C=C.O.O=C(O)O.[NaH]. The molecule has 4 nitrogen and oxygen atoms in total. The van der Waals surface area contributed by atoms with E-state index in [9.17, 15) is 0 Å². The van der Waals surface area contributed by atoms with Gasteiger partial charge in [-0.05, 0) is 0 Å². The van der Waals surface area contributed by atoms with Crippen LogP contribution < -0.4 is 0 Å². The molecule has 0 radical (unpaired) electrons. The van der Waals surface area contributed by atoms with Crippen LogP contribution in [0.4, 0.5) is 4.79 Å². The maximum atomic E-state index is 8.56. The van der Waals surface area contributed by atoms with Gasteiger partial charge in [0.15, 0.2) is 0 Å². The van der Waals surface area contributed by atoms with Gasteiger partial charge in [0.2, 0.25) is 0 Å². The van der Waals surface area contributed by atoms with Gasteiger partial charge in [0.05, 0.1) is 0 Å². The van der Waals surface area contributed by atoms with Crippen molar-refractivity contribution >= 4 is 35.7 Å². The molecule has 0 saturated carbocycles. The molecule has 0 amide bonds. The van der Waals surface area contributed by atoms with E-state index in [1.807, 2.05) is 0 Å². The molecular formula is C3H9NaO4. The second-order valence-electron chi connectivity index (χ2n) is 0.283. The quantitative estimate of drug-likeness (QED) is 0.345. The normalized spacial score (nSPS) is 3.50. The molecule has 0 aliphatic heterocycles.